The molecule has 0 saturated heterocycles. The quantitative estimate of drug-likeness (QED) is 0.561. The minimum Gasteiger partial charge on any atom is -0.369 e. The molecule has 0 aliphatic rings. The van der Waals surface area contributed by atoms with Gasteiger partial charge in [-0.2, -0.15) is 0 Å². The summed E-state index contributed by atoms with van der Waals surface area (Å²) in [5.41, 5.74) is 4.86. The summed E-state index contributed by atoms with van der Waals surface area (Å²) in [6.07, 6.45) is -0.444. The van der Waals surface area contributed by atoms with Crippen LogP contribution in [0.4, 0.5) is 0 Å². The molecule has 8 heavy (non-hydrogen) atoms. The van der Waals surface area contributed by atoms with Crippen molar-refractivity contribution >= 4 is 5.91 Å². The molecule has 0 aromatic heterocycles. The summed E-state index contributed by atoms with van der Waals surface area (Å²) in [6, 6.07) is 0. The molecule has 1 atom stereocenters. The Morgan fingerprint density at radius 1 is 1.88 bits per heavy atom. The molecule has 0 aromatic rings. The van der Waals surface area contributed by atoms with E-state index in [1.807, 2.05) is 6.92 Å². The topological polar surface area (TPSA) is 52.3 Å². The van der Waals surface area contributed by atoms with Crippen LogP contribution in [0.1, 0.15) is 13.8 Å². The van der Waals surface area contributed by atoms with E-state index in [0.29, 0.717) is 6.61 Å². The third-order valence-electron chi connectivity index (χ3n) is 0.817. The Bertz CT molecular complexity index is 82.5. The second kappa shape index (κ2) is 3.43. The van der Waals surface area contributed by atoms with Crippen LogP contribution >= 0.6 is 0 Å². The van der Waals surface area contributed by atoms with Gasteiger partial charge in [-0.05, 0) is 13.8 Å². The first-order valence-electron chi connectivity index (χ1n) is 2.59. The van der Waals surface area contributed by atoms with Gasteiger partial charge in [0.05, 0.1) is 0 Å². The number of amides is 1. The zero-order chi connectivity index (χ0) is 6.57. The lowest BCUT2D eigenvalue weighted by molar-refractivity contribution is -0.128. The van der Waals surface area contributed by atoms with E-state index in [9.17, 15) is 4.79 Å². The number of carbonyl (C=O) groups is 1. The maximum atomic E-state index is 10.2. The fourth-order valence-corrected chi connectivity index (χ4v) is 0.332. The predicted molar refractivity (Wildman–Crippen MR) is 30.3 cm³/mol. The van der Waals surface area contributed by atoms with E-state index in [0.717, 1.165) is 0 Å². The van der Waals surface area contributed by atoms with Crippen molar-refractivity contribution in [3.63, 3.8) is 0 Å². The highest BCUT2D eigenvalue weighted by molar-refractivity contribution is 5.78. The number of ether oxygens (including phenoxy) is 1. The second-order valence-corrected chi connectivity index (χ2v) is 1.50. The summed E-state index contributed by atoms with van der Waals surface area (Å²) in [7, 11) is 0. The van der Waals surface area contributed by atoms with Crippen LogP contribution in [0.15, 0.2) is 0 Å². The highest BCUT2D eigenvalue weighted by Gasteiger charge is 2.05. The molecular formula is C5H11NO2. The molecule has 48 valence electrons. The summed E-state index contributed by atoms with van der Waals surface area (Å²) in [5, 5.41) is 0. The maximum Gasteiger partial charge on any atom is 0.246 e. The van der Waals surface area contributed by atoms with E-state index in [4.69, 9.17) is 10.5 Å². The van der Waals surface area contributed by atoms with E-state index in [2.05, 4.69) is 0 Å². The van der Waals surface area contributed by atoms with E-state index in [1.165, 1.54) is 0 Å². The Hall–Kier alpha value is -0.570. The molecule has 1 amide bonds. The number of primary amides is 1. The third-order valence-corrected chi connectivity index (χ3v) is 0.817. The van der Waals surface area contributed by atoms with Gasteiger partial charge in [0.1, 0.15) is 6.10 Å². The molecule has 0 spiro atoms. The van der Waals surface area contributed by atoms with E-state index in [1.54, 1.807) is 6.92 Å². The Balaban J connectivity index is 3.32. The van der Waals surface area contributed by atoms with Crippen molar-refractivity contribution in [1.29, 1.82) is 0 Å². The van der Waals surface area contributed by atoms with E-state index in [-0.39, 0.29) is 0 Å². The van der Waals surface area contributed by atoms with Gasteiger partial charge in [-0.3, -0.25) is 4.79 Å². The van der Waals surface area contributed by atoms with Gasteiger partial charge in [0, 0.05) is 6.61 Å². The fourth-order valence-electron chi connectivity index (χ4n) is 0.332. The minimum atomic E-state index is -0.444. The number of hydrogen-bond acceptors (Lipinski definition) is 2. The minimum absolute atomic E-state index is 0.410. The van der Waals surface area contributed by atoms with E-state index < -0.39 is 12.0 Å². The van der Waals surface area contributed by atoms with Gasteiger partial charge in [0.15, 0.2) is 0 Å². The predicted octanol–water partition coefficient (Wildman–Crippen LogP) is -0.103. The van der Waals surface area contributed by atoms with E-state index >= 15 is 0 Å². The van der Waals surface area contributed by atoms with Gasteiger partial charge in [0.25, 0.3) is 0 Å². The first kappa shape index (κ1) is 7.43. The van der Waals surface area contributed by atoms with Gasteiger partial charge in [-0.25, -0.2) is 0 Å². The zero-order valence-corrected chi connectivity index (χ0v) is 5.18. The first-order chi connectivity index (χ1) is 3.68. The normalized spacial score (nSPS) is 13.2. The Labute approximate surface area is 48.8 Å². The SMILES string of the molecule is CCO[C@@H](C)C(N)=O. The average molecular weight is 117 g/mol. The Morgan fingerprint density at radius 2 is 2.38 bits per heavy atom. The van der Waals surface area contributed by atoms with Crippen LogP contribution < -0.4 is 5.73 Å². The van der Waals surface area contributed by atoms with Gasteiger partial charge in [0.2, 0.25) is 5.91 Å². The maximum absolute atomic E-state index is 10.2. The van der Waals surface area contributed by atoms with Crippen molar-refractivity contribution in [2.45, 2.75) is 20.0 Å². The van der Waals surface area contributed by atoms with Gasteiger partial charge in [-0.15, -0.1) is 0 Å². The molecule has 0 unspecified atom stereocenters. The average Bonchev–Trinajstić information content (AvgIpc) is 1.67. The summed E-state index contributed by atoms with van der Waals surface area (Å²) < 4.78 is 4.83. The van der Waals surface area contributed by atoms with Crippen LogP contribution in [0.3, 0.4) is 0 Å². The fraction of sp³-hybridized carbons (Fsp3) is 0.800. The summed E-state index contributed by atoms with van der Waals surface area (Å²) in [4.78, 5) is 10.2. The van der Waals surface area contributed by atoms with Crippen LogP contribution in [-0.2, 0) is 9.53 Å². The molecule has 0 fully saturated rings. The molecule has 3 heteroatoms. The summed E-state index contributed by atoms with van der Waals surface area (Å²) in [5.74, 6) is -0.410. The summed E-state index contributed by atoms with van der Waals surface area (Å²) >= 11 is 0. The van der Waals surface area contributed by atoms with Gasteiger partial charge < -0.3 is 10.5 Å². The molecule has 0 rings (SSSR count). The van der Waals surface area contributed by atoms with Gasteiger partial charge in [-0.1, -0.05) is 0 Å². The zero-order valence-electron chi connectivity index (χ0n) is 5.18. The van der Waals surface area contributed by atoms with Crippen molar-refractivity contribution in [2.24, 2.45) is 5.73 Å². The molecule has 0 heterocycles. The molecule has 2 N–H and O–H groups in total. The molecule has 0 radical (unpaired) electrons. The molecule has 0 aliphatic heterocycles. The Morgan fingerprint density at radius 3 is 2.50 bits per heavy atom. The lowest BCUT2D eigenvalue weighted by Gasteiger charge is -2.04. The third kappa shape index (κ3) is 2.58. The van der Waals surface area contributed by atoms with Crippen LogP contribution in [0.25, 0.3) is 0 Å². The van der Waals surface area contributed by atoms with Crippen molar-refractivity contribution in [3.05, 3.63) is 0 Å². The van der Waals surface area contributed by atoms with Gasteiger partial charge >= 0.3 is 0 Å². The smallest absolute Gasteiger partial charge is 0.246 e. The lowest BCUT2D eigenvalue weighted by Crippen LogP contribution is -2.27. The standard InChI is InChI=1S/C5H11NO2/c1-3-8-4(2)5(6)7/h4H,3H2,1-2H3,(H2,6,7)/t4-/m0/s1. The molecule has 3 nitrogen and oxygen atoms in total. The van der Waals surface area contributed by atoms with Crippen molar-refractivity contribution in [2.75, 3.05) is 6.61 Å². The molecule has 0 saturated carbocycles. The number of hydrogen-bond donors (Lipinski definition) is 1. The van der Waals surface area contributed by atoms with Crippen LogP contribution in [0, 0.1) is 0 Å². The summed E-state index contributed by atoms with van der Waals surface area (Å²) in [6.45, 7) is 3.98. The number of nitrogens with two attached hydrogens (primary N) is 1. The largest absolute Gasteiger partial charge is 0.369 e. The number of rotatable bonds is 3. The molecule has 0 bridgehead atoms. The Kier molecular flexibility index (Phi) is 3.19. The van der Waals surface area contributed by atoms with Crippen molar-refractivity contribution in [1.82, 2.24) is 0 Å². The monoisotopic (exact) mass is 117 g/mol. The molecule has 0 aliphatic carbocycles. The first-order valence-corrected chi connectivity index (χ1v) is 2.59. The molecular weight excluding hydrogens is 106 g/mol. The van der Waals surface area contributed by atoms with Crippen LogP contribution in [0.5, 0.6) is 0 Å². The van der Waals surface area contributed by atoms with Crippen LogP contribution in [0.2, 0.25) is 0 Å². The second-order valence-electron chi connectivity index (χ2n) is 1.50. The molecule has 0 aromatic carbocycles. The van der Waals surface area contributed by atoms with Crippen molar-refractivity contribution < 1.29 is 9.53 Å². The highest BCUT2D eigenvalue weighted by atomic mass is 16.5. The van der Waals surface area contributed by atoms with Crippen LogP contribution in [-0.4, -0.2) is 18.6 Å². The van der Waals surface area contributed by atoms with Crippen molar-refractivity contribution in [3.8, 4) is 0 Å². The highest BCUT2D eigenvalue weighted by Crippen LogP contribution is 1.85. The number of carbonyl (C=O) groups excluding carboxylic acids is 1. The lowest BCUT2D eigenvalue weighted by atomic mass is 10.4.